The maximum atomic E-state index is 5.26. The molecule has 5 heteroatoms. The Balaban J connectivity index is 1.72. The second-order valence-corrected chi connectivity index (χ2v) is 6.11. The van der Waals surface area contributed by atoms with Crippen LogP contribution in [-0.4, -0.2) is 21.9 Å². The third-order valence-electron chi connectivity index (χ3n) is 4.70. The summed E-state index contributed by atoms with van der Waals surface area (Å²) < 4.78 is 7.25. The van der Waals surface area contributed by atoms with Crippen molar-refractivity contribution in [2.75, 3.05) is 12.4 Å². The Morgan fingerprint density at radius 1 is 1.12 bits per heavy atom. The predicted molar refractivity (Wildman–Crippen MR) is 93.3 cm³/mol. The van der Waals surface area contributed by atoms with Crippen LogP contribution in [0.1, 0.15) is 35.2 Å². The molecule has 0 spiro atoms. The van der Waals surface area contributed by atoms with Gasteiger partial charge in [0.2, 0.25) is 5.95 Å². The molecule has 0 amide bonds. The van der Waals surface area contributed by atoms with E-state index < -0.39 is 0 Å². The molecule has 3 aromatic rings. The Bertz CT molecular complexity index is 841. The summed E-state index contributed by atoms with van der Waals surface area (Å²) in [4.78, 5) is 4.39. The van der Waals surface area contributed by atoms with Gasteiger partial charge in [-0.25, -0.2) is 4.68 Å². The smallest absolute Gasteiger partial charge is 0.222 e. The van der Waals surface area contributed by atoms with Crippen molar-refractivity contribution in [3.8, 4) is 5.75 Å². The van der Waals surface area contributed by atoms with Crippen LogP contribution < -0.4 is 10.1 Å². The fraction of sp³-hybridized carbons (Fsp3) is 0.263. The molecule has 2 atom stereocenters. The van der Waals surface area contributed by atoms with E-state index >= 15 is 0 Å². The van der Waals surface area contributed by atoms with Crippen LogP contribution in [0.15, 0.2) is 54.9 Å². The van der Waals surface area contributed by atoms with E-state index in [0.29, 0.717) is 0 Å². The second-order valence-electron chi connectivity index (χ2n) is 6.11. The average Bonchev–Trinajstić information content (AvgIpc) is 3.10. The predicted octanol–water partition coefficient (Wildman–Crippen LogP) is 3.74. The Hall–Kier alpha value is -2.82. The minimum atomic E-state index is 0.178. The van der Waals surface area contributed by atoms with Gasteiger partial charge in [-0.15, -0.1) is 0 Å². The molecule has 4 rings (SSSR count). The lowest BCUT2D eigenvalue weighted by Crippen LogP contribution is -2.28. The average molecular weight is 320 g/mol. The van der Waals surface area contributed by atoms with Crippen molar-refractivity contribution in [3.05, 3.63) is 71.5 Å². The summed E-state index contributed by atoms with van der Waals surface area (Å²) in [6.45, 7) is 2.15. The van der Waals surface area contributed by atoms with Crippen molar-refractivity contribution in [2.24, 2.45) is 0 Å². The van der Waals surface area contributed by atoms with Gasteiger partial charge in [-0.3, -0.25) is 0 Å². The van der Waals surface area contributed by atoms with E-state index in [4.69, 9.17) is 4.74 Å². The summed E-state index contributed by atoms with van der Waals surface area (Å²) >= 11 is 0. The number of hydrogen-bond acceptors (Lipinski definition) is 4. The van der Waals surface area contributed by atoms with Crippen molar-refractivity contribution in [1.29, 1.82) is 0 Å². The number of nitrogens with one attached hydrogen (secondary N) is 1. The molecular weight excluding hydrogens is 300 g/mol. The molecular formula is C19H20N4O. The Labute approximate surface area is 141 Å². The molecule has 5 nitrogen and oxygen atoms in total. The third-order valence-corrected chi connectivity index (χ3v) is 4.70. The molecule has 0 unspecified atom stereocenters. The molecule has 0 fully saturated rings. The van der Waals surface area contributed by atoms with Crippen LogP contribution in [0.5, 0.6) is 5.75 Å². The highest BCUT2D eigenvalue weighted by atomic mass is 16.5. The summed E-state index contributed by atoms with van der Waals surface area (Å²) in [6.07, 6.45) is 2.54. The first kappa shape index (κ1) is 14.8. The van der Waals surface area contributed by atoms with Crippen LogP contribution >= 0.6 is 0 Å². The zero-order valence-electron chi connectivity index (χ0n) is 13.8. The van der Waals surface area contributed by atoms with E-state index in [1.54, 1.807) is 13.4 Å². The van der Waals surface area contributed by atoms with Gasteiger partial charge in [0.15, 0.2) is 0 Å². The molecule has 1 N–H and O–H groups in total. The molecule has 2 aromatic carbocycles. The summed E-state index contributed by atoms with van der Waals surface area (Å²) in [5.74, 6) is 1.68. The van der Waals surface area contributed by atoms with Crippen LogP contribution in [0.25, 0.3) is 0 Å². The Morgan fingerprint density at radius 2 is 1.92 bits per heavy atom. The highest BCUT2D eigenvalue weighted by molar-refractivity contribution is 5.41. The van der Waals surface area contributed by atoms with E-state index in [1.165, 1.54) is 16.7 Å². The molecule has 24 heavy (non-hydrogen) atoms. The lowest BCUT2D eigenvalue weighted by molar-refractivity contribution is 0.413. The fourth-order valence-electron chi connectivity index (χ4n) is 3.39. The maximum absolute atomic E-state index is 5.26. The van der Waals surface area contributed by atoms with E-state index in [1.807, 2.05) is 16.8 Å². The number of ether oxygens (including phenoxy) is 1. The van der Waals surface area contributed by atoms with Gasteiger partial charge in [-0.1, -0.05) is 36.4 Å². The van der Waals surface area contributed by atoms with Crippen molar-refractivity contribution < 1.29 is 4.74 Å². The lowest BCUT2D eigenvalue weighted by atomic mass is 9.91. The van der Waals surface area contributed by atoms with Gasteiger partial charge in [-0.05, 0) is 42.2 Å². The highest BCUT2D eigenvalue weighted by Gasteiger charge is 2.30. The number of benzene rings is 2. The molecule has 122 valence electrons. The summed E-state index contributed by atoms with van der Waals surface area (Å²) in [5, 5.41) is 7.93. The first-order valence-corrected chi connectivity index (χ1v) is 8.12. The Kier molecular flexibility index (Phi) is 3.69. The van der Waals surface area contributed by atoms with Crippen LogP contribution in [0.4, 0.5) is 5.95 Å². The minimum Gasteiger partial charge on any atom is -0.497 e. The van der Waals surface area contributed by atoms with Gasteiger partial charge < -0.3 is 10.1 Å². The van der Waals surface area contributed by atoms with Crippen LogP contribution in [0, 0.1) is 6.92 Å². The topological polar surface area (TPSA) is 52.0 Å². The lowest BCUT2D eigenvalue weighted by Gasteiger charge is -2.32. The number of nitrogens with zero attached hydrogens (tertiary/aromatic N) is 3. The normalized spacial score (nSPS) is 19.4. The molecule has 0 bridgehead atoms. The van der Waals surface area contributed by atoms with Gasteiger partial charge in [0, 0.05) is 0 Å². The van der Waals surface area contributed by atoms with E-state index in [9.17, 15) is 0 Å². The van der Waals surface area contributed by atoms with Gasteiger partial charge in [0.05, 0.1) is 19.2 Å². The second kappa shape index (κ2) is 6.00. The monoisotopic (exact) mass is 320 g/mol. The van der Waals surface area contributed by atoms with Crippen molar-refractivity contribution in [3.63, 3.8) is 0 Å². The van der Waals surface area contributed by atoms with Crippen LogP contribution in [0.2, 0.25) is 0 Å². The molecule has 0 aliphatic carbocycles. The zero-order chi connectivity index (χ0) is 16.5. The molecule has 0 saturated carbocycles. The van der Waals surface area contributed by atoms with E-state index in [-0.39, 0.29) is 12.1 Å². The number of anilines is 1. The zero-order valence-corrected chi connectivity index (χ0v) is 13.8. The van der Waals surface area contributed by atoms with Gasteiger partial charge >= 0.3 is 0 Å². The number of rotatable bonds is 3. The number of aryl methyl sites for hydroxylation is 1. The van der Waals surface area contributed by atoms with Crippen molar-refractivity contribution >= 4 is 5.95 Å². The standard InChI is InChI=1S/C19H20N4O/c1-13-5-3-4-6-16(13)18-11-17(22-19-20-12-21-23(18)19)14-7-9-15(24-2)10-8-14/h3-10,12,17-18H,11H2,1-2H3,(H,20,21,22)/t17-,18+/m1/s1. The highest BCUT2D eigenvalue weighted by Crippen LogP contribution is 2.38. The summed E-state index contributed by atoms with van der Waals surface area (Å²) in [5.41, 5.74) is 3.80. The van der Waals surface area contributed by atoms with Gasteiger partial charge in [0.1, 0.15) is 12.1 Å². The number of aromatic nitrogens is 3. The van der Waals surface area contributed by atoms with Crippen molar-refractivity contribution in [1.82, 2.24) is 14.8 Å². The minimum absolute atomic E-state index is 0.178. The summed E-state index contributed by atoms with van der Waals surface area (Å²) in [7, 11) is 1.69. The molecule has 0 radical (unpaired) electrons. The number of methoxy groups -OCH3 is 1. The molecule has 1 aromatic heterocycles. The SMILES string of the molecule is COc1ccc([C@H]2C[C@@H](c3ccccc3C)n3ncnc3N2)cc1. The first-order valence-electron chi connectivity index (χ1n) is 8.12. The molecule has 1 aliphatic rings. The van der Waals surface area contributed by atoms with E-state index in [2.05, 4.69) is 58.7 Å². The van der Waals surface area contributed by atoms with E-state index in [0.717, 1.165) is 18.1 Å². The number of hydrogen-bond donors (Lipinski definition) is 1. The summed E-state index contributed by atoms with van der Waals surface area (Å²) in [6, 6.07) is 17.1. The molecule has 0 saturated heterocycles. The number of fused-ring (bicyclic) bond motifs is 1. The van der Waals surface area contributed by atoms with Crippen molar-refractivity contribution in [2.45, 2.75) is 25.4 Å². The van der Waals surface area contributed by atoms with Gasteiger partial charge in [-0.2, -0.15) is 10.1 Å². The molecule has 2 heterocycles. The largest absolute Gasteiger partial charge is 0.497 e. The fourth-order valence-corrected chi connectivity index (χ4v) is 3.39. The first-order chi connectivity index (χ1) is 11.8. The molecule has 1 aliphatic heterocycles. The van der Waals surface area contributed by atoms with Crippen LogP contribution in [-0.2, 0) is 0 Å². The quantitative estimate of drug-likeness (QED) is 0.799. The third kappa shape index (κ3) is 2.52. The van der Waals surface area contributed by atoms with Crippen LogP contribution in [0.3, 0.4) is 0 Å². The Morgan fingerprint density at radius 3 is 2.67 bits per heavy atom. The van der Waals surface area contributed by atoms with Gasteiger partial charge in [0.25, 0.3) is 0 Å². The maximum Gasteiger partial charge on any atom is 0.222 e.